The molecule has 0 amide bonds. The standard InChI is InChI=1S/C24H26N2O4S/c1-3-30-24(27)22-14-19(22)16-26(31(28,29)20-10-8-17(2)9-11-20)13-12-18-15-25-23-7-5-4-6-21(18)23/h4-11,14-15,22,25H,3,12-13,16H2,1-2H3/i14D. The Bertz CT molecular complexity index is 1280. The number of aryl methyl sites for hydroxylation is 1. The zero-order valence-electron chi connectivity index (χ0n) is 18.6. The molecule has 1 aromatic heterocycles. The van der Waals surface area contributed by atoms with Gasteiger partial charge in [-0.15, -0.1) is 0 Å². The number of esters is 1. The summed E-state index contributed by atoms with van der Waals surface area (Å²) in [5, 5.41) is 1.05. The molecule has 2 aromatic carbocycles. The molecule has 6 nitrogen and oxygen atoms in total. The predicted octanol–water partition coefficient (Wildman–Crippen LogP) is 3.83. The number of aromatic amines is 1. The van der Waals surface area contributed by atoms with E-state index >= 15 is 0 Å². The molecule has 1 aliphatic carbocycles. The number of nitrogens with one attached hydrogen (secondary N) is 1. The van der Waals surface area contributed by atoms with E-state index in [0.29, 0.717) is 12.0 Å². The summed E-state index contributed by atoms with van der Waals surface area (Å²) < 4.78 is 41.4. The molecule has 3 aromatic rings. The molecule has 0 bridgehead atoms. The molecule has 0 saturated heterocycles. The van der Waals surface area contributed by atoms with Gasteiger partial charge in [0.2, 0.25) is 10.0 Å². The highest BCUT2D eigenvalue weighted by molar-refractivity contribution is 7.89. The maximum absolute atomic E-state index is 13.5. The van der Waals surface area contributed by atoms with E-state index in [1.807, 2.05) is 37.4 Å². The average Bonchev–Trinajstić information content (AvgIpc) is 3.23. The third-order valence-electron chi connectivity index (χ3n) is 5.43. The van der Waals surface area contributed by atoms with Gasteiger partial charge >= 0.3 is 5.97 Å². The van der Waals surface area contributed by atoms with Crippen LogP contribution in [-0.2, 0) is 26.0 Å². The van der Waals surface area contributed by atoms with Crippen LogP contribution in [0.5, 0.6) is 0 Å². The van der Waals surface area contributed by atoms with Crippen molar-refractivity contribution in [2.45, 2.75) is 25.2 Å². The molecule has 0 fully saturated rings. The second-order valence-electron chi connectivity index (χ2n) is 7.62. The second-order valence-corrected chi connectivity index (χ2v) is 9.55. The van der Waals surface area contributed by atoms with Crippen LogP contribution in [0, 0.1) is 12.8 Å². The first-order valence-corrected chi connectivity index (χ1v) is 11.7. The molecular weight excluding hydrogens is 412 g/mol. The Morgan fingerprint density at radius 3 is 2.68 bits per heavy atom. The highest BCUT2D eigenvalue weighted by Gasteiger charge is 2.37. The van der Waals surface area contributed by atoms with Gasteiger partial charge in [0.25, 0.3) is 0 Å². The number of hydrogen-bond donors (Lipinski definition) is 1. The second kappa shape index (κ2) is 8.69. The van der Waals surface area contributed by atoms with Crippen molar-refractivity contribution in [3.63, 3.8) is 0 Å². The van der Waals surface area contributed by atoms with Crippen molar-refractivity contribution in [1.82, 2.24) is 9.29 Å². The first-order chi connectivity index (χ1) is 15.3. The lowest BCUT2D eigenvalue weighted by molar-refractivity contribution is -0.144. The van der Waals surface area contributed by atoms with Gasteiger partial charge in [0.15, 0.2) is 0 Å². The number of ether oxygens (including phenoxy) is 1. The van der Waals surface area contributed by atoms with E-state index in [2.05, 4.69) is 4.98 Å². The third kappa shape index (κ3) is 4.57. The van der Waals surface area contributed by atoms with Crippen molar-refractivity contribution < 1.29 is 19.3 Å². The summed E-state index contributed by atoms with van der Waals surface area (Å²) in [7, 11) is -3.81. The molecule has 1 unspecified atom stereocenters. The van der Waals surface area contributed by atoms with Gasteiger partial charge in [-0.05, 0) is 49.6 Å². The van der Waals surface area contributed by atoms with Gasteiger partial charge in [-0.3, -0.25) is 4.79 Å². The highest BCUT2D eigenvalue weighted by Crippen LogP contribution is 2.32. The normalized spacial score (nSPS) is 16.6. The van der Waals surface area contributed by atoms with Crippen molar-refractivity contribution in [2.24, 2.45) is 5.92 Å². The fraction of sp³-hybridized carbons (Fsp3) is 0.292. The Labute approximate surface area is 184 Å². The van der Waals surface area contributed by atoms with Gasteiger partial charge in [-0.1, -0.05) is 41.9 Å². The summed E-state index contributed by atoms with van der Waals surface area (Å²) in [5.74, 6) is -1.23. The lowest BCUT2D eigenvalue weighted by atomic mass is 10.1. The number of carbonyl (C=O) groups is 1. The van der Waals surface area contributed by atoms with Crippen LogP contribution in [0.2, 0.25) is 0 Å². The molecule has 0 aliphatic heterocycles. The van der Waals surface area contributed by atoms with Gasteiger partial charge in [0.1, 0.15) is 0 Å². The molecule has 1 N–H and O–H groups in total. The minimum absolute atomic E-state index is 0.000872. The van der Waals surface area contributed by atoms with E-state index < -0.39 is 21.9 Å². The fourth-order valence-electron chi connectivity index (χ4n) is 3.62. The van der Waals surface area contributed by atoms with Crippen molar-refractivity contribution in [1.29, 1.82) is 0 Å². The number of nitrogens with zero attached hydrogens (tertiary/aromatic N) is 1. The number of H-pyrrole nitrogens is 1. The molecule has 0 spiro atoms. The molecule has 31 heavy (non-hydrogen) atoms. The van der Waals surface area contributed by atoms with Gasteiger partial charge < -0.3 is 9.72 Å². The van der Waals surface area contributed by atoms with Crippen LogP contribution in [0.15, 0.2) is 71.2 Å². The van der Waals surface area contributed by atoms with Crippen molar-refractivity contribution in [2.75, 3.05) is 19.7 Å². The minimum Gasteiger partial charge on any atom is -0.465 e. The molecule has 4 rings (SSSR count). The smallest absolute Gasteiger partial charge is 0.317 e. The number of aromatic nitrogens is 1. The zero-order valence-corrected chi connectivity index (χ0v) is 18.4. The molecular formula is C24H26N2O4S. The summed E-state index contributed by atoms with van der Waals surface area (Å²) in [5.41, 5.74) is 3.48. The van der Waals surface area contributed by atoms with Crippen LogP contribution in [-0.4, -0.2) is 43.4 Å². The number of benzene rings is 2. The number of hydrogen-bond acceptors (Lipinski definition) is 4. The largest absolute Gasteiger partial charge is 0.465 e. The number of sulfonamides is 1. The van der Waals surface area contributed by atoms with Crippen LogP contribution in [0.25, 0.3) is 10.9 Å². The topological polar surface area (TPSA) is 79.5 Å². The Kier molecular flexibility index (Phi) is 5.61. The molecule has 0 radical (unpaired) electrons. The van der Waals surface area contributed by atoms with Crippen LogP contribution in [0.4, 0.5) is 0 Å². The average molecular weight is 440 g/mol. The van der Waals surface area contributed by atoms with Crippen LogP contribution < -0.4 is 0 Å². The monoisotopic (exact) mass is 439 g/mol. The quantitative estimate of drug-likeness (QED) is 0.406. The highest BCUT2D eigenvalue weighted by atomic mass is 32.2. The summed E-state index contributed by atoms with van der Waals surface area (Å²) in [4.78, 5) is 15.5. The van der Waals surface area contributed by atoms with Gasteiger partial charge in [0, 0.05) is 30.2 Å². The van der Waals surface area contributed by atoms with Crippen molar-refractivity contribution in [3.8, 4) is 0 Å². The summed E-state index contributed by atoms with van der Waals surface area (Å²) in [6, 6.07) is 14.7. The summed E-state index contributed by atoms with van der Waals surface area (Å²) in [6.45, 7) is 4.06. The van der Waals surface area contributed by atoms with Crippen molar-refractivity contribution in [3.05, 3.63) is 77.5 Å². The van der Waals surface area contributed by atoms with Crippen LogP contribution in [0.1, 0.15) is 19.4 Å². The first-order valence-electron chi connectivity index (χ1n) is 10.8. The van der Waals surface area contributed by atoms with E-state index in [4.69, 9.17) is 6.11 Å². The first kappa shape index (κ1) is 20.0. The summed E-state index contributed by atoms with van der Waals surface area (Å²) >= 11 is 0. The van der Waals surface area contributed by atoms with E-state index in [1.54, 1.807) is 31.2 Å². The number of rotatable bonds is 9. The Morgan fingerprint density at radius 1 is 1.19 bits per heavy atom. The van der Waals surface area contributed by atoms with E-state index in [-0.39, 0.29) is 30.6 Å². The van der Waals surface area contributed by atoms with E-state index in [1.165, 1.54) is 4.31 Å². The minimum atomic E-state index is -3.81. The number of para-hydroxylation sites is 1. The van der Waals surface area contributed by atoms with Crippen molar-refractivity contribution >= 4 is 26.9 Å². The van der Waals surface area contributed by atoms with Crippen LogP contribution in [0.3, 0.4) is 0 Å². The molecule has 1 heterocycles. The predicted molar refractivity (Wildman–Crippen MR) is 120 cm³/mol. The number of carbonyl (C=O) groups excluding carboxylic acids is 1. The van der Waals surface area contributed by atoms with Gasteiger partial charge in [0.05, 0.1) is 18.8 Å². The maximum Gasteiger partial charge on any atom is 0.317 e. The van der Waals surface area contributed by atoms with E-state index in [9.17, 15) is 13.2 Å². The lowest BCUT2D eigenvalue weighted by Gasteiger charge is -2.22. The number of fused-ring (bicyclic) bond motifs is 1. The molecule has 7 heteroatoms. The van der Waals surface area contributed by atoms with Gasteiger partial charge in [-0.2, -0.15) is 4.31 Å². The SMILES string of the molecule is [2H]C1=C(CN(CCc2c[nH]c3ccccc23)S(=O)(=O)c2ccc(C)cc2)C1C(=O)OCC. The fourth-order valence-corrected chi connectivity index (χ4v) is 5.04. The third-order valence-corrected chi connectivity index (χ3v) is 7.29. The molecule has 1 atom stereocenters. The molecule has 162 valence electrons. The Hall–Kier alpha value is -2.90. The van der Waals surface area contributed by atoms with E-state index in [0.717, 1.165) is 22.0 Å². The maximum atomic E-state index is 13.5. The molecule has 1 aliphatic rings. The summed E-state index contributed by atoms with van der Waals surface area (Å²) in [6.07, 6.45) is 2.40. The van der Waals surface area contributed by atoms with Gasteiger partial charge in [-0.25, -0.2) is 8.42 Å². The Morgan fingerprint density at radius 2 is 1.94 bits per heavy atom. The zero-order chi connectivity index (χ0) is 22.9. The Balaban J connectivity index is 1.59. The lowest BCUT2D eigenvalue weighted by Crippen LogP contribution is -2.34. The van der Waals surface area contributed by atoms with Crippen LogP contribution >= 0.6 is 0 Å². The molecule has 0 saturated carbocycles.